The lowest BCUT2D eigenvalue weighted by Gasteiger charge is -2.24. The Morgan fingerprint density at radius 1 is 0.896 bits per heavy atom. The Kier molecular flexibility index (Phi) is 8.44. The molecule has 3 N–H and O–H groups in total. The minimum Gasteiger partial charge on any atom is -0.358 e. The molecule has 48 heavy (non-hydrogen) atoms. The number of nitrogens with one attached hydrogen (secondary N) is 3. The third-order valence-electron chi connectivity index (χ3n) is 10.1. The van der Waals surface area contributed by atoms with Crippen LogP contribution in [-0.2, 0) is 6.42 Å². The van der Waals surface area contributed by atoms with Gasteiger partial charge in [-0.1, -0.05) is 31.9 Å². The summed E-state index contributed by atoms with van der Waals surface area (Å²) in [5.74, 6) is 0.281. The van der Waals surface area contributed by atoms with Crippen LogP contribution in [0.5, 0.6) is 0 Å². The van der Waals surface area contributed by atoms with Gasteiger partial charge in [0.1, 0.15) is 17.0 Å². The number of anilines is 1. The highest BCUT2D eigenvalue weighted by Crippen LogP contribution is 2.35. The minimum atomic E-state index is -0.224. The number of fused-ring (bicyclic) bond motifs is 2. The fourth-order valence-electron chi connectivity index (χ4n) is 7.51. The number of hydrogen-bond donors (Lipinski definition) is 3. The smallest absolute Gasteiger partial charge is 0.135 e. The van der Waals surface area contributed by atoms with E-state index in [1.165, 1.54) is 58.0 Å². The Bertz CT molecular complexity index is 2080. The summed E-state index contributed by atoms with van der Waals surface area (Å²) in [6.45, 7) is 7.76. The first-order valence-electron chi connectivity index (χ1n) is 17.3. The van der Waals surface area contributed by atoms with Crippen LogP contribution in [0.25, 0.3) is 55.7 Å². The van der Waals surface area contributed by atoms with Gasteiger partial charge in [0.15, 0.2) is 0 Å². The molecule has 5 aromatic heterocycles. The van der Waals surface area contributed by atoms with Crippen LogP contribution in [0.1, 0.15) is 56.9 Å². The largest absolute Gasteiger partial charge is 0.358 e. The molecule has 6 heterocycles. The average Bonchev–Trinajstić information content (AvgIpc) is 3.88. The van der Waals surface area contributed by atoms with Gasteiger partial charge in [0, 0.05) is 34.6 Å². The van der Waals surface area contributed by atoms with Crippen LogP contribution in [0.2, 0.25) is 0 Å². The monoisotopic (exact) mass is 640 g/mol. The van der Waals surface area contributed by atoms with E-state index in [1.54, 1.807) is 18.3 Å². The topological polar surface area (TPSA) is 98.4 Å². The summed E-state index contributed by atoms with van der Waals surface area (Å²) in [5.41, 5.74) is 10.4. The number of halogens is 1. The van der Waals surface area contributed by atoms with Crippen LogP contribution in [-0.4, -0.2) is 54.7 Å². The summed E-state index contributed by atoms with van der Waals surface area (Å²) < 4.78 is 14.9. The molecule has 1 saturated carbocycles. The van der Waals surface area contributed by atoms with Crippen molar-refractivity contribution >= 4 is 27.6 Å². The fourth-order valence-corrected chi connectivity index (χ4v) is 7.51. The van der Waals surface area contributed by atoms with Crippen molar-refractivity contribution in [2.24, 2.45) is 5.92 Å². The molecule has 2 fully saturated rings. The van der Waals surface area contributed by atoms with Crippen LogP contribution >= 0.6 is 0 Å². The molecule has 9 heteroatoms. The number of aromatic nitrogens is 6. The van der Waals surface area contributed by atoms with Crippen molar-refractivity contribution in [3.63, 3.8) is 0 Å². The van der Waals surface area contributed by atoms with E-state index < -0.39 is 0 Å². The van der Waals surface area contributed by atoms with Crippen LogP contribution in [0.4, 0.5) is 10.1 Å². The number of pyridine rings is 3. The molecular formula is C39H41FN8. The van der Waals surface area contributed by atoms with Gasteiger partial charge in [-0.3, -0.25) is 15.1 Å². The Labute approximate surface area is 279 Å². The zero-order valence-electron chi connectivity index (χ0n) is 27.2. The molecule has 1 aliphatic heterocycles. The molecule has 1 aromatic carbocycles. The molecule has 0 unspecified atom stereocenters. The van der Waals surface area contributed by atoms with E-state index in [1.807, 2.05) is 30.7 Å². The van der Waals surface area contributed by atoms with E-state index in [0.29, 0.717) is 11.6 Å². The van der Waals surface area contributed by atoms with Crippen LogP contribution in [0.3, 0.4) is 0 Å². The highest BCUT2D eigenvalue weighted by molar-refractivity contribution is 6.00. The second kappa shape index (κ2) is 13.3. The molecule has 0 radical (unpaired) electrons. The number of rotatable bonds is 10. The maximum Gasteiger partial charge on any atom is 0.135 e. The molecule has 244 valence electrons. The normalized spacial score (nSPS) is 15.9. The maximum atomic E-state index is 14.9. The van der Waals surface area contributed by atoms with Gasteiger partial charge in [-0.2, -0.15) is 5.10 Å². The summed E-state index contributed by atoms with van der Waals surface area (Å²) in [4.78, 5) is 20.1. The molecular weight excluding hydrogens is 599 g/mol. The lowest BCUT2D eigenvalue weighted by atomic mass is 9.87. The molecule has 0 amide bonds. The zero-order valence-corrected chi connectivity index (χ0v) is 27.2. The number of likely N-dealkylation sites (tertiary alicyclic amines) is 1. The quantitative estimate of drug-likeness (QED) is 0.138. The highest BCUT2D eigenvalue weighted by atomic mass is 19.1. The Balaban J connectivity index is 1.07. The average molecular weight is 641 g/mol. The lowest BCUT2D eigenvalue weighted by Crippen LogP contribution is -2.20. The molecule has 0 bridgehead atoms. The number of aryl methyl sites for hydroxylation is 1. The summed E-state index contributed by atoms with van der Waals surface area (Å²) >= 11 is 0. The minimum absolute atomic E-state index is 0.224. The molecule has 0 spiro atoms. The van der Waals surface area contributed by atoms with E-state index in [-0.39, 0.29) is 5.82 Å². The molecule has 8 nitrogen and oxygen atoms in total. The summed E-state index contributed by atoms with van der Waals surface area (Å²) in [6, 6.07) is 13.5. The van der Waals surface area contributed by atoms with E-state index >= 15 is 0 Å². The predicted octanol–water partition coefficient (Wildman–Crippen LogP) is 8.90. The molecule has 1 saturated heterocycles. The molecule has 6 aromatic rings. The first-order valence-corrected chi connectivity index (χ1v) is 17.3. The Hall–Kier alpha value is -4.89. The number of H-pyrrole nitrogens is 2. The van der Waals surface area contributed by atoms with Gasteiger partial charge in [-0.05, 0) is 112 Å². The van der Waals surface area contributed by atoms with Gasteiger partial charge in [-0.25, -0.2) is 9.37 Å². The SMILES string of the molecule is C=C(Nc1cncc(-c2ccc3[nH]nc(-c4cc5c(-c6cc(F)cc(CCCN7CCCC7)c6)cncc5[nH]4)c3n2)c1)C1CCCCC1. The number of aromatic amines is 2. The van der Waals surface area contributed by atoms with Crippen LogP contribution < -0.4 is 5.32 Å². The molecule has 2 aliphatic rings. The van der Waals surface area contributed by atoms with Gasteiger partial charge >= 0.3 is 0 Å². The first kappa shape index (κ1) is 30.4. The van der Waals surface area contributed by atoms with Crippen molar-refractivity contribution in [1.82, 2.24) is 35.0 Å². The van der Waals surface area contributed by atoms with Crippen molar-refractivity contribution in [3.8, 4) is 33.8 Å². The van der Waals surface area contributed by atoms with Gasteiger partial charge in [-0.15, -0.1) is 0 Å². The fraction of sp³-hybridized carbons (Fsp3) is 0.333. The third-order valence-corrected chi connectivity index (χ3v) is 10.1. The summed E-state index contributed by atoms with van der Waals surface area (Å²) in [6.07, 6.45) is 17.9. The highest BCUT2D eigenvalue weighted by Gasteiger charge is 2.19. The standard InChI is InChI=1S/C39H41FN8/c1-25(27-9-3-2-4-10-27)43-31-19-29(21-41-22-31)34-11-12-35-38(45-34)39(47-46-35)36-20-32-33(23-42-24-37(32)44-36)28-16-26(17-30(40)18-28)8-7-15-48-13-5-6-14-48/h11-12,16-24,27,43-44H,1-10,13-15H2,(H,46,47). The Morgan fingerprint density at radius 3 is 2.62 bits per heavy atom. The second-order valence-electron chi connectivity index (χ2n) is 13.4. The van der Waals surface area contributed by atoms with E-state index in [2.05, 4.69) is 60.1 Å². The van der Waals surface area contributed by atoms with Gasteiger partial charge in [0.05, 0.1) is 40.5 Å². The Morgan fingerprint density at radius 2 is 1.75 bits per heavy atom. The lowest BCUT2D eigenvalue weighted by molar-refractivity contribution is 0.334. The van der Waals surface area contributed by atoms with Crippen LogP contribution in [0, 0.1) is 11.7 Å². The van der Waals surface area contributed by atoms with Crippen molar-refractivity contribution in [2.75, 3.05) is 25.0 Å². The number of allylic oxidation sites excluding steroid dienone is 1. The van der Waals surface area contributed by atoms with Crippen molar-refractivity contribution < 1.29 is 4.39 Å². The number of hydrogen-bond acceptors (Lipinski definition) is 6. The number of benzene rings is 1. The first-order chi connectivity index (χ1) is 23.6. The maximum absolute atomic E-state index is 14.9. The van der Waals surface area contributed by atoms with Crippen LogP contribution in [0.15, 0.2) is 79.5 Å². The zero-order chi connectivity index (χ0) is 32.5. The third kappa shape index (κ3) is 6.34. The number of nitrogens with zero attached hydrogens (tertiary/aromatic N) is 5. The molecule has 1 aliphatic carbocycles. The van der Waals surface area contributed by atoms with E-state index in [4.69, 9.17) is 4.98 Å². The van der Waals surface area contributed by atoms with E-state index in [0.717, 1.165) is 86.3 Å². The second-order valence-corrected chi connectivity index (χ2v) is 13.4. The predicted molar refractivity (Wildman–Crippen MR) is 191 cm³/mol. The summed E-state index contributed by atoms with van der Waals surface area (Å²) in [5, 5.41) is 12.3. The van der Waals surface area contributed by atoms with Gasteiger partial charge in [0.25, 0.3) is 0 Å². The van der Waals surface area contributed by atoms with Crippen molar-refractivity contribution in [2.45, 2.75) is 57.8 Å². The van der Waals surface area contributed by atoms with Gasteiger partial charge in [0.2, 0.25) is 0 Å². The molecule has 8 rings (SSSR count). The van der Waals surface area contributed by atoms with Gasteiger partial charge < -0.3 is 15.2 Å². The summed E-state index contributed by atoms with van der Waals surface area (Å²) in [7, 11) is 0. The molecule has 0 atom stereocenters. The van der Waals surface area contributed by atoms with E-state index in [9.17, 15) is 4.39 Å². The van der Waals surface area contributed by atoms with Crippen molar-refractivity contribution in [1.29, 1.82) is 0 Å². The van der Waals surface area contributed by atoms with Crippen molar-refractivity contribution in [3.05, 3.63) is 90.9 Å².